The van der Waals surface area contributed by atoms with Gasteiger partial charge in [0.25, 0.3) is 5.91 Å². The molecule has 0 atom stereocenters. The number of hydrogen-bond donors (Lipinski definition) is 2. The third-order valence-corrected chi connectivity index (χ3v) is 4.75. The second kappa shape index (κ2) is 8.91. The molecular weight excluding hydrogens is 396 g/mol. The lowest BCUT2D eigenvalue weighted by Crippen LogP contribution is -2.46. The van der Waals surface area contributed by atoms with Crippen LogP contribution in [0.5, 0.6) is 0 Å². The largest absolute Gasteiger partial charge is 0.349 e. The van der Waals surface area contributed by atoms with Crippen molar-refractivity contribution in [1.82, 2.24) is 15.2 Å². The van der Waals surface area contributed by atoms with Crippen molar-refractivity contribution in [3.05, 3.63) is 58.8 Å². The summed E-state index contributed by atoms with van der Waals surface area (Å²) >= 11 is 3.32. The minimum atomic E-state index is -0.112. The second-order valence-electron chi connectivity index (χ2n) is 6.33. The van der Waals surface area contributed by atoms with Gasteiger partial charge in [0.15, 0.2) is 0 Å². The number of halogens is 1. The van der Waals surface area contributed by atoms with Crippen LogP contribution in [0.15, 0.2) is 53.3 Å². The number of carbonyl (C=O) groups excluding carboxylic acids is 2. The molecule has 1 saturated heterocycles. The number of aromatic nitrogens is 1. The summed E-state index contributed by atoms with van der Waals surface area (Å²) in [6.45, 7) is 1.93. The lowest BCUT2D eigenvalue weighted by molar-refractivity contribution is -0.117. The average Bonchev–Trinajstić information content (AvgIpc) is 2.64. The Bertz CT molecular complexity index is 761. The number of benzene rings is 1. The van der Waals surface area contributed by atoms with E-state index in [0.29, 0.717) is 12.1 Å². The molecule has 2 N–H and O–H groups in total. The van der Waals surface area contributed by atoms with E-state index in [1.807, 2.05) is 30.3 Å². The van der Waals surface area contributed by atoms with Crippen LogP contribution in [0.1, 0.15) is 23.2 Å². The summed E-state index contributed by atoms with van der Waals surface area (Å²) in [7, 11) is 0. The van der Waals surface area contributed by atoms with E-state index in [9.17, 15) is 9.59 Å². The van der Waals surface area contributed by atoms with Crippen LogP contribution in [0.25, 0.3) is 0 Å². The smallest absolute Gasteiger partial charge is 0.253 e. The molecule has 1 aromatic carbocycles. The van der Waals surface area contributed by atoms with Gasteiger partial charge in [0.05, 0.1) is 12.1 Å². The number of pyridine rings is 1. The molecule has 0 spiro atoms. The zero-order valence-electron chi connectivity index (χ0n) is 14.3. The number of likely N-dealkylation sites (tertiary alicyclic amines) is 1. The maximum atomic E-state index is 12.3. The molecule has 0 unspecified atom stereocenters. The Morgan fingerprint density at radius 3 is 2.58 bits per heavy atom. The molecule has 2 aromatic rings. The lowest BCUT2D eigenvalue weighted by Gasteiger charge is -2.31. The molecule has 2 amide bonds. The predicted octanol–water partition coefficient (Wildman–Crippen LogP) is 2.68. The molecule has 0 bridgehead atoms. The van der Waals surface area contributed by atoms with Gasteiger partial charge in [-0.15, -0.1) is 0 Å². The van der Waals surface area contributed by atoms with Crippen molar-refractivity contribution in [2.75, 3.05) is 25.0 Å². The van der Waals surface area contributed by atoms with Crippen LogP contribution in [-0.4, -0.2) is 47.4 Å². The second-order valence-corrected chi connectivity index (χ2v) is 7.25. The molecule has 1 aromatic heterocycles. The van der Waals surface area contributed by atoms with Gasteiger partial charge in [0.2, 0.25) is 5.91 Å². The highest BCUT2D eigenvalue weighted by Crippen LogP contribution is 2.13. The fourth-order valence-corrected chi connectivity index (χ4v) is 3.33. The summed E-state index contributed by atoms with van der Waals surface area (Å²) < 4.78 is 0.782. The standard InChI is InChI=1S/C19H21BrN4O2/c20-15-10-14(11-21-12-15)19(26)23-17-6-8-24(9-7-17)13-18(25)22-16-4-2-1-3-5-16/h1-5,10-12,17H,6-9,13H2,(H,22,25)(H,23,26). The molecule has 136 valence electrons. The first-order chi connectivity index (χ1) is 12.6. The Hall–Kier alpha value is -2.25. The van der Waals surface area contributed by atoms with Gasteiger partial charge in [-0.2, -0.15) is 0 Å². The van der Waals surface area contributed by atoms with Gasteiger partial charge in [-0.1, -0.05) is 18.2 Å². The first-order valence-corrected chi connectivity index (χ1v) is 9.38. The number of carbonyl (C=O) groups is 2. The van der Waals surface area contributed by atoms with Gasteiger partial charge in [0.1, 0.15) is 0 Å². The van der Waals surface area contributed by atoms with E-state index >= 15 is 0 Å². The van der Waals surface area contributed by atoms with Gasteiger partial charge in [-0.3, -0.25) is 19.5 Å². The van der Waals surface area contributed by atoms with Crippen molar-refractivity contribution in [3.8, 4) is 0 Å². The highest BCUT2D eigenvalue weighted by atomic mass is 79.9. The van der Waals surface area contributed by atoms with Crippen molar-refractivity contribution >= 4 is 33.4 Å². The van der Waals surface area contributed by atoms with Crippen LogP contribution in [0.2, 0.25) is 0 Å². The lowest BCUT2D eigenvalue weighted by atomic mass is 10.0. The highest BCUT2D eigenvalue weighted by Gasteiger charge is 2.22. The number of rotatable bonds is 5. The van der Waals surface area contributed by atoms with Crippen molar-refractivity contribution in [2.45, 2.75) is 18.9 Å². The minimum Gasteiger partial charge on any atom is -0.349 e. The number of piperidine rings is 1. The Kier molecular flexibility index (Phi) is 6.35. The monoisotopic (exact) mass is 416 g/mol. The van der Waals surface area contributed by atoms with Gasteiger partial charge in [0, 0.05) is 41.7 Å². The van der Waals surface area contributed by atoms with Crippen LogP contribution >= 0.6 is 15.9 Å². The van der Waals surface area contributed by atoms with Crippen LogP contribution in [0.4, 0.5) is 5.69 Å². The van der Waals surface area contributed by atoms with E-state index in [2.05, 4.69) is 36.4 Å². The van der Waals surface area contributed by atoms with E-state index < -0.39 is 0 Å². The van der Waals surface area contributed by atoms with Crippen LogP contribution in [0.3, 0.4) is 0 Å². The number of nitrogens with one attached hydrogen (secondary N) is 2. The normalized spacial score (nSPS) is 15.4. The molecule has 0 aliphatic carbocycles. The van der Waals surface area contributed by atoms with E-state index in [1.54, 1.807) is 18.5 Å². The van der Waals surface area contributed by atoms with Gasteiger partial charge >= 0.3 is 0 Å². The summed E-state index contributed by atoms with van der Waals surface area (Å²) in [5, 5.41) is 5.95. The number of nitrogens with zero attached hydrogens (tertiary/aromatic N) is 2. The first-order valence-electron chi connectivity index (χ1n) is 8.59. The van der Waals surface area contributed by atoms with Gasteiger partial charge in [-0.25, -0.2) is 0 Å². The van der Waals surface area contributed by atoms with E-state index in [1.165, 1.54) is 0 Å². The van der Waals surface area contributed by atoms with Crippen molar-refractivity contribution in [1.29, 1.82) is 0 Å². The van der Waals surface area contributed by atoms with E-state index in [0.717, 1.165) is 36.1 Å². The van der Waals surface area contributed by atoms with Crippen molar-refractivity contribution < 1.29 is 9.59 Å². The minimum absolute atomic E-state index is 0.0149. The Morgan fingerprint density at radius 2 is 1.88 bits per heavy atom. The third kappa shape index (κ3) is 5.37. The van der Waals surface area contributed by atoms with Crippen LogP contribution in [-0.2, 0) is 4.79 Å². The molecule has 26 heavy (non-hydrogen) atoms. The average molecular weight is 417 g/mol. The topological polar surface area (TPSA) is 74.3 Å². The molecule has 7 heteroatoms. The van der Waals surface area contributed by atoms with Crippen molar-refractivity contribution in [3.63, 3.8) is 0 Å². The fraction of sp³-hybridized carbons (Fsp3) is 0.316. The van der Waals surface area contributed by atoms with Gasteiger partial charge < -0.3 is 10.6 Å². The Balaban J connectivity index is 1.42. The van der Waals surface area contributed by atoms with Crippen LogP contribution < -0.4 is 10.6 Å². The number of amides is 2. The highest BCUT2D eigenvalue weighted by molar-refractivity contribution is 9.10. The molecule has 1 fully saturated rings. The third-order valence-electron chi connectivity index (χ3n) is 4.31. The SMILES string of the molecule is O=C(CN1CCC(NC(=O)c2cncc(Br)c2)CC1)Nc1ccccc1. The van der Waals surface area contributed by atoms with Crippen molar-refractivity contribution in [2.24, 2.45) is 0 Å². The molecule has 1 aliphatic rings. The Morgan fingerprint density at radius 1 is 1.15 bits per heavy atom. The molecule has 1 aliphatic heterocycles. The maximum Gasteiger partial charge on any atom is 0.253 e. The fourth-order valence-electron chi connectivity index (χ4n) is 2.97. The summed E-state index contributed by atoms with van der Waals surface area (Å²) in [4.78, 5) is 30.5. The zero-order valence-corrected chi connectivity index (χ0v) is 15.9. The maximum absolute atomic E-state index is 12.3. The molecule has 0 radical (unpaired) electrons. The summed E-state index contributed by atoms with van der Waals surface area (Å²) in [6, 6.07) is 11.3. The summed E-state index contributed by atoms with van der Waals surface area (Å²) in [5.74, 6) is -0.127. The number of para-hydroxylation sites is 1. The molecular formula is C19H21BrN4O2. The summed E-state index contributed by atoms with van der Waals surface area (Å²) in [6.07, 6.45) is 4.86. The number of hydrogen-bond acceptors (Lipinski definition) is 4. The zero-order chi connectivity index (χ0) is 18.4. The Labute approximate surface area is 161 Å². The van der Waals surface area contributed by atoms with Gasteiger partial charge in [-0.05, 0) is 47.0 Å². The molecule has 2 heterocycles. The van der Waals surface area contributed by atoms with Crippen LogP contribution in [0, 0.1) is 0 Å². The molecule has 3 rings (SSSR count). The van der Waals surface area contributed by atoms with E-state index in [4.69, 9.17) is 0 Å². The summed E-state index contributed by atoms with van der Waals surface area (Å²) in [5.41, 5.74) is 1.35. The quantitative estimate of drug-likeness (QED) is 0.785. The first kappa shape index (κ1) is 18.5. The predicted molar refractivity (Wildman–Crippen MR) is 104 cm³/mol. The molecule has 0 saturated carbocycles. The van der Waals surface area contributed by atoms with E-state index in [-0.39, 0.29) is 17.9 Å². The number of anilines is 1. The molecule has 6 nitrogen and oxygen atoms in total.